The average molecular weight is 477 g/mol. The van der Waals surface area contributed by atoms with Crippen molar-refractivity contribution in [1.29, 1.82) is 0 Å². The van der Waals surface area contributed by atoms with Gasteiger partial charge < -0.3 is 15.0 Å². The molecule has 0 bridgehead atoms. The second-order valence-electron chi connectivity index (χ2n) is 9.88. The number of aromatic amines is 1. The van der Waals surface area contributed by atoms with Crippen LogP contribution in [0.4, 0.5) is 5.95 Å². The molecule has 0 saturated carbocycles. The van der Waals surface area contributed by atoms with Crippen LogP contribution >= 0.6 is 0 Å². The zero-order valence-electron chi connectivity index (χ0n) is 20.9. The molecule has 2 aliphatic rings. The number of allylic oxidation sites excluding steroid dienone is 4. The summed E-state index contributed by atoms with van der Waals surface area (Å²) in [4.78, 5) is 13.4. The summed E-state index contributed by atoms with van der Waals surface area (Å²) >= 11 is 0. The van der Waals surface area contributed by atoms with E-state index < -0.39 is 0 Å². The summed E-state index contributed by atoms with van der Waals surface area (Å²) in [7, 11) is 0. The van der Waals surface area contributed by atoms with Gasteiger partial charge in [0.25, 0.3) is 0 Å². The third-order valence-electron chi connectivity index (χ3n) is 7.22. The normalized spacial score (nSPS) is 17.5. The van der Waals surface area contributed by atoms with E-state index in [-0.39, 0.29) is 6.04 Å². The summed E-state index contributed by atoms with van der Waals surface area (Å²) in [6.45, 7) is 5.22. The van der Waals surface area contributed by atoms with Gasteiger partial charge in [0, 0.05) is 29.2 Å². The largest absolute Gasteiger partial charge is 0.493 e. The molecule has 0 fully saturated rings. The number of aromatic nitrogens is 3. The molecule has 5 nitrogen and oxygen atoms in total. The number of aryl methyl sites for hydroxylation is 1. The Bertz CT molecular complexity index is 1460. The van der Waals surface area contributed by atoms with Gasteiger partial charge in [0.1, 0.15) is 5.75 Å². The van der Waals surface area contributed by atoms with E-state index in [2.05, 4.69) is 89.8 Å². The van der Waals surface area contributed by atoms with Crippen molar-refractivity contribution in [2.75, 3.05) is 11.9 Å². The fourth-order valence-electron chi connectivity index (χ4n) is 5.47. The molecule has 2 unspecified atom stereocenters. The summed E-state index contributed by atoms with van der Waals surface area (Å²) in [5.41, 5.74) is 8.37. The van der Waals surface area contributed by atoms with Crippen LogP contribution in [0.25, 0.3) is 16.5 Å². The first-order valence-corrected chi connectivity index (χ1v) is 13.0. The van der Waals surface area contributed by atoms with Gasteiger partial charge in [0.2, 0.25) is 5.95 Å². The van der Waals surface area contributed by atoms with Crippen molar-refractivity contribution in [3.05, 3.63) is 101 Å². The van der Waals surface area contributed by atoms with Crippen LogP contribution in [0, 0.1) is 5.92 Å². The number of para-hydroxylation sites is 1. The summed E-state index contributed by atoms with van der Waals surface area (Å²) in [6.07, 6.45) is 12.4. The number of nitrogens with one attached hydrogen (secondary N) is 2. The third kappa shape index (κ3) is 4.30. The number of nitrogens with zero attached hydrogens (tertiary/aromatic N) is 2. The third-order valence-corrected chi connectivity index (χ3v) is 7.22. The maximum Gasteiger partial charge on any atom is 0.223 e. The van der Waals surface area contributed by atoms with Crippen molar-refractivity contribution in [3.63, 3.8) is 0 Å². The van der Waals surface area contributed by atoms with Gasteiger partial charge >= 0.3 is 0 Å². The number of fused-ring (bicyclic) bond motifs is 2. The lowest BCUT2D eigenvalue weighted by atomic mass is 9.94. The summed E-state index contributed by atoms with van der Waals surface area (Å²) in [6, 6.07) is 17.0. The maximum atomic E-state index is 5.79. The highest BCUT2D eigenvalue weighted by molar-refractivity contribution is 5.85. The number of ether oxygens (including phenoxy) is 1. The highest BCUT2D eigenvalue weighted by Gasteiger charge is 2.25. The molecule has 4 aromatic rings. The molecular formula is C31H32N4O. The molecule has 1 aliphatic carbocycles. The summed E-state index contributed by atoms with van der Waals surface area (Å²) < 4.78 is 5.79. The molecule has 2 aromatic carbocycles. The Balaban J connectivity index is 1.44. The minimum absolute atomic E-state index is 0.112. The molecule has 6 rings (SSSR count). The first-order chi connectivity index (χ1) is 17.7. The van der Waals surface area contributed by atoms with Crippen molar-refractivity contribution in [2.45, 2.75) is 45.6 Å². The van der Waals surface area contributed by atoms with E-state index in [1.165, 1.54) is 33.3 Å². The van der Waals surface area contributed by atoms with Gasteiger partial charge in [-0.3, -0.25) is 0 Å². The molecule has 5 heteroatoms. The number of hydrogen-bond acceptors (Lipinski definition) is 4. The van der Waals surface area contributed by atoms with Gasteiger partial charge in [-0.1, -0.05) is 62.8 Å². The van der Waals surface area contributed by atoms with Gasteiger partial charge in [-0.25, -0.2) is 9.97 Å². The van der Waals surface area contributed by atoms with E-state index >= 15 is 0 Å². The van der Waals surface area contributed by atoms with Crippen LogP contribution in [0.2, 0.25) is 0 Å². The Hall–Kier alpha value is -3.86. The van der Waals surface area contributed by atoms with Crippen molar-refractivity contribution in [3.8, 4) is 5.75 Å². The van der Waals surface area contributed by atoms with E-state index in [9.17, 15) is 0 Å². The van der Waals surface area contributed by atoms with Crippen molar-refractivity contribution in [2.24, 2.45) is 5.92 Å². The van der Waals surface area contributed by atoms with Gasteiger partial charge in [0.05, 0.1) is 18.3 Å². The summed E-state index contributed by atoms with van der Waals surface area (Å²) in [5.74, 6) is 2.15. The van der Waals surface area contributed by atoms with E-state index in [1.54, 1.807) is 0 Å². The highest BCUT2D eigenvalue weighted by Crippen LogP contribution is 2.36. The maximum absolute atomic E-state index is 5.79. The molecule has 182 valence electrons. The minimum atomic E-state index is -0.112. The molecule has 0 spiro atoms. The monoisotopic (exact) mass is 476 g/mol. The van der Waals surface area contributed by atoms with Crippen molar-refractivity contribution in [1.82, 2.24) is 15.0 Å². The van der Waals surface area contributed by atoms with Crippen LogP contribution in [-0.2, 0) is 12.8 Å². The molecule has 0 saturated heterocycles. The van der Waals surface area contributed by atoms with Crippen LogP contribution < -0.4 is 10.1 Å². The molecule has 36 heavy (non-hydrogen) atoms. The van der Waals surface area contributed by atoms with Crippen molar-refractivity contribution < 1.29 is 4.74 Å². The first kappa shape index (κ1) is 22.6. The zero-order chi connectivity index (χ0) is 24.5. The average Bonchev–Trinajstić information content (AvgIpc) is 3.52. The van der Waals surface area contributed by atoms with Gasteiger partial charge in [-0.2, -0.15) is 0 Å². The second kappa shape index (κ2) is 9.65. The Kier molecular flexibility index (Phi) is 6.06. The Morgan fingerprint density at radius 1 is 1.17 bits per heavy atom. The molecule has 2 aromatic heterocycles. The minimum Gasteiger partial charge on any atom is -0.493 e. The summed E-state index contributed by atoms with van der Waals surface area (Å²) in [5, 5.41) is 5.00. The first-order valence-electron chi connectivity index (χ1n) is 13.0. The number of rotatable bonds is 7. The number of hydrogen-bond donors (Lipinski definition) is 2. The highest BCUT2D eigenvalue weighted by atomic mass is 16.5. The molecule has 3 heterocycles. The Morgan fingerprint density at radius 3 is 2.97 bits per heavy atom. The van der Waals surface area contributed by atoms with Crippen LogP contribution in [0.3, 0.4) is 0 Å². The topological polar surface area (TPSA) is 62.8 Å². The van der Waals surface area contributed by atoms with Crippen LogP contribution in [0.15, 0.2) is 73.0 Å². The molecule has 2 N–H and O–H groups in total. The lowest BCUT2D eigenvalue weighted by Gasteiger charge is -2.22. The van der Waals surface area contributed by atoms with Gasteiger partial charge in [0.15, 0.2) is 0 Å². The lowest BCUT2D eigenvalue weighted by Crippen LogP contribution is -2.17. The number of anilines is 1. The molecule has 2 atom stereocenters. The van der Waals surface area contributed by atoms with E-state index in [0.717, 1.165) is 49.3 Å². The van der Waals surface area contributed by atoms with E-state index in [0.29, 0.717) is 11.9 Å². The number of benzene rings is 2. The SMILES string of the molecule is CCCc1c(C(Nc2nccc(C3=CC=CC(C)C3)n2)c2ccc3c(c2)CCO3)[nH]c2ccccc12. The quantitative estimate of drug-likeness (QED) is 0.301. The zero-order valence-corrected chi connectivity index (χ0v) is 20.9. The molecular weight excluding hydrogens is 444 g/mol. The van der Waals surface area contributed by atoms with E-state index in [1.807, 2.05) is 12.3 Å². The fourth-order valence-corrected chi connectivity index (χ4v) is 5.47. The predicted octanol–water partition coefficient (Wildman–Crippen LogP) is 7.03. The molecule has 1 aliphatic heterocycles. The molecule has 0 radical (unpaired) electrons. The molecule has 0 amide bonds. The fraction of sp³-hybridized carbons (Fsp3) is 0.290. The lowest BCUT2D eigenvalue weighted by molar-refractivity contribution is 0.357. The van der Waals surface area contributed by atoms with Gasteiger partial charge in [-0.05, 0) is 65.3 Å². The van der Waals surface area contributed by atoms with Gasteiger partial charge in [-0.15, -0.1) is 0 Å². The standard InChI is InChI=1S/C31H32N4O/c1-3-7-25-24-10-4-5-11-27(24)33-30(25)29(23-12-13-28-22(19-23)15-17-36-28)35-31-32-16-14-26(34-31)21-9-6-8-20(2)18-21/h4-6,8-14,16,19-20,29,33H,3,7,15,17-18H2,1-2H3,(H,32,34,35). The van der Waals surface area contributed by atoms with E-state index in [4.69, 9.17) is 9.72 Å². The Morgan fingerprint density at radius 2 is 2.08 bits per heavy atom. The number of H-pyrrole nitrogens is 1. The van der Waals surface area contributed by atoms with Crippen LogP contribution in [0.5, 0.6) is 5.75 Å². The predicted molar refractivity (Wildman–Crippen MR) is 146 cm³/mol. The second-order valence-corrected chi connectivity index (χ2v) is 9.88. The Labute approximate surface area is 212 Å². The van der Waals surface area contributed by atoms with Crippen molar-refractivity contribution >= 4 is 22.4 Å². The van der Waals surface area contributed by atoms with Crippen LogP contribution in [0.1, 0.15) is 60.8 Å². The smallest absolute Gasteiger partial charge is 0.223 e. The van der Waals surface area contributed by atoms with Crippen LogP contribution in [-0.4, -0.2) is 21.6 Å².